The first-order valence-electron chi connectivity index (χ1n) is 4.77. The predicted molar refractivity (Wildman–Crippen MR) is 58.5 cm³/mol. The van der Waals surface area contributed by atoms with Gasteiger partial charge in [-0.15, -0.1) is 0 Å². The Labute approximate surface area is 101 Å². The molecule has 0 heterocycles. The maximum Gasteiger partial charge on any atom is 0.344 e. The highest BCUT2D eigenvalue weighted by Gasteiger charge is 2.07. The van der Waals surface area contributed by atoms with Crippen molar-refractivity contribution in [2.45, 2.75) is 0 Å². The molecular weight excluding hydrogens is 249 g/mol. The maximum absolute atomic E-state index is 12.4. The van der Waals surface area contributed by atoms with Gasteiger partial charge in [-0.3, -0.25) is 0 Å². The van der Waals surface area contributed by atoms with Crippen molar-refractivity contribution in [3.8, 4) is 5.75 Å². The Hall–Kier alpha value is -2.24. The predicted octanol–water partition coefficient (Wildman–Crippen LogP) is 3.29. The molecule has 0 bridgehead atoms. The van der Waals surface area contributed by atoms with E-state index in [0.29, 0.717) is 5.56 Å². The van der Waals surface area contributed by atoms with Crippen LogP contribution in [0.5, 0.6) is 5.75 Å². The average molecular weight is 258 g/mol. The molecule has 0 aliphatic rings. The number of halogens is 3. The van der Waals surface area contributed by atoms with E-state index in [9.17, 15) is 18.0 Å². The van der Waals surface area contributed by atoms with Crippen LogP contribution in [0.1, 0.15) is 5.56 Å². The second kappa shape index (κ2) is 6.48. The molecule has 1 aromatic carbocycles. The third kappa shape index (κ3) is 4.32. The van der Waals surface area contributed by atoms with Crippen LogP contribution in [0.4, 0.5) is 13.2 Å². The van der Waals surface area contributed by atoms with Gasteiger partial charge in [0.2, 0.25) is 0 Å². The number of ether oxygens (including phenoxy) is 2. The van der Waals surface area contributed by atoms with Crippen molar-refractivity contribution in [3.05, 3.63) is 48.0 Å². The summed E-state index contributed by atoms with van der Waals surface area (Å²) in [6, 6.07) is 3.59. The number of carbonyl (C=O) groups is 1. The lowest BCUT2D eigenvalue weighted by Crippen LogP contribution is -1.93. The molecule has 3 nitrogen and oxygen atoms in total. The van der Waals surface area contributed by atoms with Gasteiger partial charge in [0.15, 0.2) is 0 Å². The van der Waals surface area contributed by atoms with Crippen molar-refractivity contribution in [1.82, 2.24) is 0 Å². The summed E-state index contributed by atoms with van der Waals surface area (Å²) in [5.41, 5.74) is 0.609. The molecule has 1 rings (SSSR count). The van der Waals surface area contributed by atoms with E-state index in [-0.39, 0.29) is 5.75 Å². The van der Waals surface area contributed by atoms with Gasteiger partial charge in [0.25, 0.3) is 0 Å². The fourth-order valence-electron chi connectivity index (χ4n) is 1.02. The van der Waals surface area contributed by atoms with Gasteiger partial charge >= 0.3 is 18.1 Å². The number of carbonyl (C=O) groups excluding carboxylic acids is 1. The molecule has 0 saturated carbocycles. The lowest BCUT2D eigenvalue weighted by atomic mass is 10.2. The summed E-state index contributed by atoms with van der Waals surface area (Å²) >= 11 is 0. The second-order valence-electron chi connectivity index (χ2n) is 3.06. The lowest BCUT2D eigenvalue weighted by Gasteiger charge is -2.01. The Bertz CT molecular complexity index is 474. The Morgan fingerprint density at radius 2 is 1.78 bits per heavy atom. The molecule has 1 aromatic rings. The number of benzene rings is 1. The lowest BCUT2D eigenvalue weighted by molar-refractivity contribution is -0.134. The van der Waals surface area contributed by atoms with Crippen LogP contribution in [0.3, 0.4) is 0 Å². The minimum absolute atomic E-state index is 0.0736. The summed E-state index contributed by atoms with van der Waals surface area (Å²) in [5.74, 6) is -0.598. The minimum Gasteiger partial charge on any atom is -0.466 e. The molecular formula is C12H9F3O3. The SMILES string of the molecule is COC(=O)C=Cc1ccc(OC(F)=C(F)F)cc1. The van der Waals surface area contributed by atoms with Gasteiger partial charge < -0.3 is 9.47 Å². The van der Waals surface area contributed by atoms with Crippen molar-refractivity contribution < 1.29 is 27.4 Å². The van der Waals surface area contributed by atoms with E-state index in [1.807, 2.05) is 0 Å². The molecule has 0 aliphatic carbocycles. The normalized spacial score (nSPS) is 10.2. The number of methoxy groups -OCH3 is 1. The second-order valence-corrected chi connectivity index (χ2v) is 3.06. The van der Waals surface area contributed by atoms with Crippen molar-refractivity contribution in [1.29, 1.82) is 0 Å². The first-order chi connectivity index (χ1) is 8.52. The third-order valence-electron chi connectivity index (χ3n) is 1.85. The van der Waals surface area contributed by atoms with Crippen LogP contribution in [0.2, 0.25) is 0 Å². The van der Waals surface area contributed by atoms with Crippen LogP contribution in [0.25, 0.3) is 6.08 Å². The summed E-state index contributed by atoms with van der Waals surface area (Å²) in [6.07, 6.45) is 0.124. The van der Waals surface area contributed by atoms with Gasteiger partial charge in [-0.25, -0.2) is 4.79 Å². The van der Waals surface area contributed by atoms with Gasteiger partial charge in [0, 0.05) is 6.08 Å². The average Bonchev–Trinajstić information content (AvgIpc) is 2.37. The van der Waals surface area contributed by atoms with E-state index in [1.165, 1.54) is 43.5 Å². The number of hydrogen-bond donors (Lipinski definition) is 0. The molecule has 0 aliphatic heterocycles. The van der Waals surface area contributed by atoms with E-state index >= 15 is 0 Å². The number of esters is 1. The van der Waals surface area contributed by atoms with E-state index in [0.717, 1.165) is 0 Å². The molecule has 6 heteroatoms. The smallest absolute Gasteiger partial charge is 0.344 e. The van der Waals surface area contributed by atoms with Crippen LogP contribution in [-0.4, -0.2) is 13.1 Å². The zero-order valence-electron chi connectivity index (χ0n) is 9.32. The standard InChI is InChI=1S/C12H9F3O3/c1-17-10(16)7-4-8-2-5-9(6-3-8)18-12(15)11(13)14/h2-7H,1H3. The molecule has 0 N–H and O–H groups in total. The van der Waals surface area contributed by atoms with Crippen LogP contribution in [0.15, 0.2) is 42.4 Å². The Kier molecular flexibility index (Phi) is 4.98. The summed E-state index contributed by atoms with van der Waals surface area (Å²) in [4.78, 5) is 10.8. The van der Waals surface area contributed by atoms with Gasteiger partial charge in [0.1, 0.15) is 5.75 Å². The molecule has 0 unspecified atom stereocenters. The summed E-state index contributed by atoms with van der Waals surface area (Å²) in [6.45, 7) is 0. The number of rotatable bonds is 4. The van der Waals surface area contributed by atoms with E-state index in [1.54, 1.807) is 0 Å². The summed E-state index contributed by atoms with van der Waals surface area (Å²) in [7, 11) is 1.24. The molecule has 0 radical (unpaired) electrons. The van der Waals surface area contributed by atoms with Gasteiger partial charge in [-0.1, -0.05) is 12.1 Å². The highest BCUT2D eigenvalue weighted by molar-refractivity contribution is 5.86. The monoisotopic (exact) mass is 258 g/mol. The Morgan fingerprint density at radius 3 is 2.28 bits per heavy atom. The largest absolute Gasteiger partial charge is 0.466 e. The fourth-order valence-corrected chi connectivity index (χ4v) is 1.02. The van der Waals surface area contributed by atoms with Crippen molar-refractivity contribution in [3.63, 3.8) is 0 Å². The van der Waals surface area contributed by atoms with E-state index in [4.69, 9.17) is 0 Å². The Balaban J connectivity index is 2.72. The van der Waals surface area contributed by atoms with Crippen LogP contribution in [0, 0.1) is 0 Å². The highest BCUT2D eigenvalue weighted by atomic mass is 19.3. The van der Waals surface area contributed by atoms with Crippen molar-refractivity contribution in [2.75, 3.05) is 7.11 Å². The topological polar surface area (TPSA) is 35.5 Å². The quantitative estimate of drug-likeness (QED) is 0.472. The van der Waals surface area contributed by atoms with Gasteiger partial charge in [0.05, 0.1) is 7.11 Å². The van der Waals surface area contributed by atoms with E-state index in [2.05, 4.69) is 9.47 Å². The molecule has 0 atom stereocenters. The molecule has 0 fully saturated rings. The highest BCUT2D eigenvalue weighted by Crippen LogP contribution is 2.19. The maximum atomic E-state index is 12.4. The molecule has 18 heavy (non-hydrogen) atoms. The van der Waals surface area contributed by atoms with Gasteiger partial charge in [-0.2, -0.15) is 13.2 Å². The van der Waals surface area contributed by atoms with Crippen molar-refractivity contribution in [2.24, 2.45) is 0 Å². The van der Waals surface area contributed by atoms with Crippen LogP contribution in [-0.2, 0) is 9.53 Å². The summed E-state index contributed by atoms with van der Waals surface area (Å²) < 4.78 is 44.6. The van der Waals surface area contributed by atoms with Gasteiger partial charge in [-0.05, 0) is 23.8 Å². The molecule has 0 saturated heterocycles. The van der Waals surface area contributed by atoms with Crippen LogP contribution >= 0.6 is 0 Å². The van der Waals surface area contributed by atoms with Crippen molar-refractivity contribution >= 4 is 12.0 Å². The molecule has 0 spiro atoms. The summed E-state index contributed by atoms with van der Waals surface area (Å²) in [5, 5.41) is 0. The first kappa shape index (κ1) is 13.8. The molecule has 0 amide bonds. The van der Waals surface area contributed by atoms with E-state index < -0.39 is 18.1 Å². The third-order valence-corrected chi connectivity index (χ3v) is 1.85. The minimum atomic E-state index is -2.52. The Morgan fingerprint density at radius 1 is 1.17 bits per heavy atom. The first-order valence-corrected chi connectivity index (χ1v) is 4.77. The zero-order chi connectivity index (χ0) is 13.5. The fraction of sp³-hybridized carbons (Fsp3) is 0.0833. The van der Waals surface area contributed by atoms with Crippen LogP contribution < -0.4 is 4.74 Å². The molecule has 0 aromatic heterocycles. The zero-order valence-corrected chi connectivity index (χ0v) is 9.32. The molecule has 96 valence electrons. The number of hydrogen-bond acceptors (Lipinski definition) is 3.